The van der Waals surface area contributed by atoms with E-state index in [0.717, 1.165) is 22.6 Å². The summed E-state index contributed by atoms with van der Waals surface area (Å²) in [6, 6.07) is 22.0. The number of anilines is 3. The molecule has 0 aliphatic rings. The highest BCUT2D eigenvalue weighted by Crippen LogP contribution is 2.20. The maximum absolute atomic E-state index is 12.2. The van der Waals surface area contributed by atoms with Gasteiger partial charge in [-0.2, -0.15) is 0 Å². The summed E-state index contributed by atoms with van der Waals surface area (Å²) in [4.78, 5) is 23.6. The lowest BCUT2D eigenvalue weighted by atomic mass is 10.1. The van der Waals surface area contributed by atoms with Crippen molar-refractivity contribution >= 4 is 40.4 Å². The van der Waals surface area contributed by atoms with E-state index in [9.17, 15) is 9.59 Å². The molecule has 2 N–H and O–H groups in total. The van der Waals surface area contributed by atoms with Crippen LogP contribution in [0.3, 0.4) is 0 Å². The van der Waals surface area contributed by atoms with Gasteiger partial charge in [0.2, 0.25) is 5.91 Å². The number of Topliss-reactive ketones (excluding diaryl/α,β-unsaturated/α-hetero) is 1. The summed E-state index contributed by atoms with van der Waals surface area (Å²) in [5.41, 5.74) is 3.98. The summed E-state index contributed by atoms with van der Waals surface area (Å²) >= 11 is 5.85. The molecule has 3 aromatic carbocycles. The van der Waals surface area contributed by atoms with Crippen LogP contribution in [0.4, 0.5) is 17.1 Å². The molecule has 0 aliphatic heterocycles. The normalized spacial score (nSPS) is 10.3. The molecule has 0 unspecified atom stereocenters. The van der Waals surface area contributed by atoms with Crippen LogP contribution in [0.1, 0.15) is 22.8 Å². The molecule has 0 aromatic heterocycles. The molecule has 0 fully saturated rings. The number of ketones is 1. The van der Waals surface area contributed by atoms with Gasteiger partial charge < -0.3 is 10.6 Å². The first-order chi connectivity index (χ1) is 13.0. The number of hydrogen-bond acceptors (Lipinski definition) is 3. The summed E-state index contributed by atoms with van der Waals surface area (Å²) in [5.74, 6) is -0.0652. The van der Waals surface area contributed by atoms with E-state index in [0.29, 0.717) is 10.6 Å². The molecule has 0 atom stereocenters. The fourth-order valence-electron chi connectivity index (χ4n) is 2.61. The first-order valence-electron chi connectivity index (χ1n) is 8.52. The minimum atomic E-state index is -0.0906. The Kier molecular flexibility index (Phi) is 5.89. The van der Waals surface area contributed by atoms with E-state index in [1.54, 1.807) is 25.1 Å². The summed E-state index contributed by atoms with van der Waals surface area (Å²) < 4.78 is 0. The van der Waals surface area contributed by atoms with Crippen LogP contribution in [0.5, 0.6) is 0 Å². The largest absolute Gasteiger partial charge is 0.356 e. The quantitative estimate of drug-likeness (QED) is 0.559. The Labute approximate surface area is 163 Å². The maximum atomic E-state index is 12.2. The number of benzene rings is 3. The molecular formula is C22H19ClN2O2. The van der Waals surface area contributed by atoms with Crippen LogP contribution in [0.25, 0.3) is 0 Å². The van der Waals surface area contributed by atoms with Crippen molar-refractivity contribution in [2.45, 2.75) is 13.3 Å². The highest BCUT2D eigenvalue weighted by atomic mass is 35.5. The van der Waals surface area contributed by atoms with Crippen molar-refractivity contribution in [1.82, 2.24) is 0 Å². The highest BCUT2D eigenvalue weighted by Gasteiger charge is 2.05. The average Bonchev–Trinajstić information content (AvgIpc) is 2.65. The van der Waals surface area contributed by atoms with Crippen molar-refractivity contribution in [2.24, 2.45) is 0 Å². The average molecular weight is 379 g/mol. The Morgan fingerprint density at radius 1 is 0.852 bits per heavy atom. The fraction of sp³-hybridized carbons (Fsp3) is 0.0909. The summed E-state index contributed by atoms with van der Waals surface area (Å²) in [6.07, 6.45) is 0.287. The number of hydrogen-bond donors (Lipinski definition) is 2. The van der Waals surface area contributed by atoms with E-state index >= 15 is 0 Å². The van der Waals surface area contributed by atoms with Gasteiger partial charge in [0.05, 0.1) is 6.42 Å². The highest BCUT2D eigenvalue weighted by molar-refractivity contribution is 6.30. The third-order valence-electron chi connectivity index (χ3n) is 4.00. The molecular weight excluding hydrogens is 360 g/mol. The molecule has 0 aliphatic carbocycles. The SMILES string of the molecule is CC(=O)c1cccc(Nc2ccc(NC(=O)Cc3ccc(Cl)cc3)cc2)c1. The second-order valence-corrected chi connectivity index (χ2v) is 6.63. The molecule has 0 radical (unpaired) electrons. The molecule has 27 heavy (non-hydrogen) atoms. The van der Waals surface area contributed by atoms with Gasteiger partial charge in [0.15, 0.2) is 5.78 Å². The molecule has 0 saturated carbocycles. The van der Waals surface area contributed by atoms with Gasteiger partial charge in [0.1, 0.15) is 0 Å². The predicted molar refractivity (Wildman–Crippen MR) is 110 cm³/mol. The van der Waals surface area contributed by atoms with Gasteiger partial charge in [-0.15, -0.1) is 0 Å². The summed E-state index contributed by atoms with van der Waals surface area (Å²) in [7, 11) is 0. The van der Waals surface area contributed by atoms with Crippen molar-refractivity contribution in [3.63, 3.8) is 0 Å². The first kappa shape index (κ1) is 18.7. The lowest BCUT2D eigenvalue weighted by molar-refractivity contribution is -0.115. The van der Waals surface area contributed by atoms with E-state index in [-0.39, 0.29) is 18.1 Å². The topological polar surface area (TPSA) is 58.2 Å². The van der Waals surface area contributed by atoms with Crippen LogP contribution in [0.2, 0.25) is 5.02 Å². The molecule has 0 saturated heterocycles. The van der Waals surface area contributed by atoms with Crippen LogP contribution in [0.15, 0.2) is 72.8 Å². The van der Waals surface area contributed by atoms with Crippen LogP contribution in [0, 0.1) is 0 Å². The number of carbonyl (C=O) groups excluding carboxylic acids is 2. The molecule has 1 amide bonds. The number of rotatable bonds is 6. The van der Waals surface area contributed by atoms with Crippen molar-refractivity contribution < 1.29 is 9.59 Å². The monoisotopic (exact) mass is 378 g/mol. The van der Waals surface area contributed by atoms with Gasteiger partial charge in [-0.1, -0.05) is 35.9 Å². The Balaban J connectivity index is 1.60. The predicted octanol–water partition coefficient (Wildman–Crippen LogP) is 5.47. The Morgan fingerprint density at radius 2 is 1.52 bits per heavy atom. The molecule has 3 aromatic rings. The van der Waals surface area contributed by atoms with Crippen molar-refractivity contribution in [1.29, 1.82) is 0 Å². The van der Waals surface area contributed by atoms with E-state index in [1.807, 2.05) is 54.6 Å². The lowest BCUT2D eigenvalue weighted by Gasteiger charge is -2.10. The molecule has 3 rings (SSSR count). The number of halogens is 1. The minimum absolute atomic E-state index is 0.0254. The minimum Gasteiger partial charge on any atom is -0.356 e. The molecule has 136 valence electrons. The van der Waals surface area contributed by atoms with Crippen LogP contribution < -0.4 is 10.6 Å². The van der Waals surface area contributed by atoms with Gasteiger partial charge in [-0.05, 0) is 61.0 Å². The smallest absolute Gasteiger partial charge is 0.228 e. The molecule has 0 bridgehead atoms. The second-order valence-electron chi connectivity index (χ2n) is 6.19. The van der Waals surface area contributed by atoms with Gasteiger partial charge in [0, 0.05) is 27.6 Å². The third kappa shape index (κ3) is 5.43. The zero-order chi connectivity index (χ0) is 19.2. The van der Waals surface area contributed by atoms with E-state index in [2.05, 4.69) is 10.6 Å². The maximum Gasteiger partial charge on any atom is 0.228 e. The van der Waals surface area contributed by atoms with Gasteiger partial charge in [-0.25, -0.2) is 0 Å². The fourth-order valence-corrected chi connectivity index (χ4v) is 2.74. The van der Waals surface area contributed by atoms with Gasteiger partial charge >= 0.3 is 0 Å². The van der Waals surface area contributed by atoms with Gasteiger partial charge in [-0.3, -0.25) is 9.59 Å². The summed E-state index contributed by atoms with van der Waals surface area (Å²) in [5, 5.41) is 6.77. The van der Waals surface area contributed by atoms with E-state index in [1.165, 1.54) is 0 Å². The van der Waals surface area contributed by atoms with Crippen LogP contribution >= 0.6 is 11.6 Å². The number of amides is 1. The van der Waals surface area contributed by atoms with Crippen molar-refractivity contribution in [2.75, 3.05) is 10.6 Å². The third-order valence-corrected chi connectivity index (χ3v) is 4.26. The second kappa shape index (κ2) is 8.52. The van der Waals surface area contributed by atoms with Crippen LogP contribution in [-0.4, -0.2) is 11.7 Å². The zero-order valence-electron chi connectivity index (χ0n) is 14.8. The Morgan fingerprint density at radius 3 is 2.19 bits per heavy atom. The summed E-state index contributed by atoms with van der Waals surface area (Å²) in [6.45, 7) is 1.54. The zero-order valence-corrected chi connectivity index (χ0v) is 15.6. The van der Waals surface area contributed by atoms with E-state index in [4.69, 9.17) is 11.6 Å². The van der Waals surface area contributed by atoms with Crippen molar-refractivity contribution in [3.05, 3.63) is 88.9 Å². The van der Waals surface area contributed by atoms with Gasteiger partial charge in [0.25, 0.3) is 0 Å². The van der Waals surface area contributed by atoms with Crippen molar-refractivity contribution in [3.8, 4) is 0 Å². The van der Waals surface area contributed by atoms with E-state index < -0.39 is 0 Å². The standard InChI is InChI=1S/C22H19ClN2O2/c1-15(26)17-3-2-4-21(14-17)24-19-9-11-20(12-10-19)25-22(27)13-16-5-7-18(23)8-6-16/h2-12,14,24H,13H2,1H3,(H,25,27). The lowest BCUT2D eigenvalue weighted by Crippen LogP contribution is -2.14. The number of nitrogens with one attached hydrogen (secondary N) is 2. The number of carbonyl (C=O) groups is 2. The first-order valence-corrected chi connectivity index (χ1v) is 8.90. The molecule has 4 nitrogen and oxygen atoms in total. The molecule has 0 heterocycles. The Bertz CT molecular complexity index is 951. The molecule has 0 spiro atoms. The Hall–Kier alpha value is -3.11. The van der Waals surface area contributed by atoms with Crippen LogP contribution in [-0.2, 0) is 11.2 Å². The molecule has 5 heteroatoms.